The fourth-order valence-electron chi connectivity index (χ4n) is 4.33. The number of aromatic nitrogens is 2. The lowest BCUT2D eigenvalue weighted by atomic mass is 9.97. The molecule has 0 aliphatic carbocycles. The van der Waals surface area contributed by atoms with Crippen LogP contribution in [0.1, 0.15) is 44.6 Å². The molecule has 2 heterocycles. The maximum absolute atomic E-state index is 12.8. The van der Waals surface area contributed by atoms with Gasteiger partial charge < -0.3 is 14.6 Å². The van der Waals surface area contributed by atoms with Gasteiger partial charge in [0.2, 0.25) is 17.6 Å². The zero-order valence-corrected chi connectivity index (χ0v) is 21.1. The maximum atomic E-state index is 12.8. The molecule has 1 aliphatic rings. The molecule has 1 unspecified atom stereocenters. The summed E-state index contributed by atoms with van der Waals surface area (Å²) >= 11 is 5.95. The summed E-state index contributed by atoms with van der Waals surface area (Å²) in [4.78, 5) is 19.5. The lowest BCUT2D eigenvalue weighted by molar-refractivity contribution is -0.126. The number of ether oxygens (including phenoxy) is 1. The van der Waals surface area contributed by atoms with Crippen LogP contribution in [0.4, 0.5) is 0 Å². The fraction of sp³-hybridized carbons (Fsp3) is 0.444. The Morgan fingerprint density at radius 1 is 1.26 bits per heavy atom. The van der Waals surface area contributed by atoms with Crippen LogP contribution in [0.15, 0.2) is 53.1 Å². The molecule has 1 fully saturated rings. The molecular weight excluding hydrogens is 464 g/mol. The minimum atomic E-state index is -0.0230. The second-order valence-corrected chi connectivity index (χ2v) is 9.74. The van der Waals surface area contributed by atoms with Gasteiger partial charge in [-0.1, -0.05) is 28.9 Å². The molecule has 0 radical (unpaired) electrons. The van der Waals surface area contributed by atoms with Crippen molar-refractivity contribution in [2.75, 3.05) is 19.6 Å². The van der Waals surface area contributed by atoms with Crippen molar-refractivity contribution in [3.05, 3.63) is 65.0 Å². The lowest BCUT2D eigenvalue weighted by Gasteiger charge is -2.30. The van der Waals surface area contributed by atoms with Crippen molar-refractivity contribution in [2.45, 2.75) is 52.2 Å². The van der Waals surface area contributed by atoms with Gasteiger partial charge in [-0.3, -0.25) is 9.69 Å². The Kier molecular flexibility index (Phi) is 8.77. The zero-order chi connectivity index (χ0) is 24.6. The quantitative estimate of drug-likeness (QED) is 0.391. The van der Waals surface area contributed by atoms with E-state index in [1.165, 1.54) is 5.56 Å². The summed E-state index contributed by atoms with van der Waals surface area (Å²) in [7, 11) is 0. The molecule has 1 saturated heterocycles. The zero-order valence-electron chi connectivity index (χ0n) is 20.4. The van der Waals surface area contributed by atoms with Crippen LogP contribution in [0.3, 0.4) is 0 Å². The third-order valence-electron chi connectivity index (χ3n) is 6.02. The summed E-state index contributed by atoms with van der Waals surface area (Å²) in [6, 6.07) is 15.5. The number of piperidine rings is 1. The van der Waals surface area contributed by atoms with Crippen LogP contribution in [0.5, 0.6) is 5.75 Å². The van der Waals surface area contributed by atoms with Crippen molar-refractivity contribution in [3.63, 3.8) is 0 Å². The molecule has 0 saturated carbocycles. The van der Waals surface area contributed by atoms with Gasteiger partial charge in [-0.15, -0.1) is 0 Å². The molecule has 2 aromatic carbocycles. The van der Waals surface area contributed by atoms with Crippen LogP contribution < -0.4 is 10.1 Å². The number of benzene rings is 2. The first kappa shape index (κ1) is 25.2. The highest BCUT2D eigenvalue weighted by atomic mass is 35.5. The molecule has 8 heteroatoms. The molecule has 0 bridgehead atoms. The first-order valence-electron chi connectivity index (χ1n) is 12.3. The number of hydrogen-bond donors (Lipinski definition) is 1. The van der Waals surface area contributed by atoms with Crippen LogP contribution in [-0.4, -0.2) is 46.7 Å². The summed E-state index contributed by atoms with van der Waals surface area (Å²) in [5.74, 6) is 2.10. The minimum Gasteiger partial charge on any atom is -0.491 e. The van der Waals surface area contributed by atoms with Gasteiger partial charge >= 0.3 is 0 Å². The van der Waals surface area contributed by atoms with E-state index >= 15 is 0 Å². The van der Waals surface area contributed by atoms with Crippen LogP contribution in [0.2, 0.25) is 5.02 Å². The van der Waals surface area contributed by atoms with Gasteiger partial charge in [-0.25, -0.2) is 0 Å². The second kappa shape index (κ2) is 12.2. The van der Waals surface area contributed by atoms with Crippen molar-refractivity contribution < 1.29 is 14.1 Å². The van der Waals surface area contributed by atoms with E-state index in [1.54, 1.807) is 12.1 Å². The molecule has 7 nitrogen and oxygen atoms in total. The van der Waals surface area contributed by atoms with E-state index in [-0.39, 0.29) is 17.9 Å². The average Bonchev–Trinajstić information content (AvgIpc) is 3.30. The number of hydrogen-bond acceptors (Lipinski definition) is 6. The Hall–Kier alpha value is -2.90. The smallest absolute Gasteiger partial charge is 0.241 e. The number of carbonyl (C=O) groups excluding carboxylic acids is 1. The Morgan fingerprint density at radius 3 is 2.89 bits per heavy atom. The topological polar surface area (TPSA) is 80.5 Å². The summed E-state index contributed by atoms with van der Waals surface area (Å²) in [5.41, 5.74) is 2.08. The van der Waals surface area contributed by atoms with Gasteiger partial charge in [0.25, 0.3) is 0 Å². The van der Waals surface area contributed by atoms with Crippen molar-refractivity contribution in [2.24, 2.45) is 5.92 Å². The molecule has 1 atom stereocenters. The summed E-state index contributed by atoms with van der Waals surface area (Å²) in [6.45, 7) is 6.86. The van der Waals surface area contributed by atoms with E-state index in [1.807, 2.05) is 38.1 Å². The number of nitrogens with one attached hydrogen (secondary N) is 1. The van der Waals surface area contributed by atoms with Gasteiger partial charge in [-0.2, -0.15) is 4.98 Å². The lowest BCUT2D eigenvalue weighted by Crippen LogP contribution is -2.43. The molecule has 1 aromatic heterocycles. The number of rotatable bonds is 10. The molecule has 186 valence electrons. The normalized spacial score (nSPS) is 16.4. The Balaban J connectivity index is 1.21. The fourth-order valence-corrected chi connectivity index (χ4v) is 4.46. The first-order valence-corrected chi connectivity index (χ1v) is 12.7. The van der Waals surface area contributed by atoms with E-state index in [2.05, 4.69) is 32.5 Å². The Labute approximate surface area is 211 Å². The van der Waals surface area contributed by atoms with E-state index in [0.29, 0.717) is 36.4 Å². The molecule has 3 aromatic rings. The average molecular weight is 497 g/mol. The van der Waals surface area contributed by atoms with Crippen LogP contribution in [0, 0.1) is 5.92 Å². The minimum absolute atomic E-state index is 0.0230. The summed E-state index contributed by atoms with van der Waals surface area (Å²) < 4.78 is 11.2. The molecule has 0 spiro atoms. The van der Waals surface area contributed by atoms with Crippen LogP contribution in [0.25, 0.3) is 11.4 Å². The monoisotopic (exact) mass is 496 g/mol. The predicted molar refractivity (Wildman–Crippen MR) is 136 cm³/mol. The van der Waals surface area contributed by atoms with E-state index in [4.69, 9.17) is 20.9 Å². The summed E-state index contributed by atoms with van der Waals surface area (Å²) in [5, 5.41) is 7.88. The molecule has 35 heavy (non-hydrogen) atoms. The Morgan fingerprint density at radius 2 is 2.09 bits per heavy atom. The van der Waals surface area contributed by atoms with E-state index < -0.39 is 0 Å². The van der Waals surface area contributed by atoms with Crippen molar-refractivity contribution >= 4 is 17.5 Å². The van der Waals surface area contributed by atoms with Gasteiger partial charge in [0.05, 0.1) is 18.6 Å². The molecule has 4 rings (SSSR count). The third kappa shape index (κ3) is 7.54. The van der Waals surface area contributed by atoms with E-state index in [0.717, 1.165) is 43.5 Å². The third-order valence-corrected chi connectivity index (χ3v) is 6.27. The number of carbonyl (C=O) groups is 1. The molecule has 1 amide bonds. The molecule has 1 aliphatic heterocycles. The standard InChI is InChI=1S/C27H33ClN4O3/c1-19(2)34-24-9-3-6-20(16-24)7-4-14-29-27(33)22-8-5-15-32(17-22)18-25-30-26(31-35-25)21-10-12-23(28)13-11-21/h3,6,9-13,16,19,22H,4-5,7-8,14-15,17-18H2,1-2H3,(H,29,33). The Bertz CT molecular complexity index is 1100. The predicted octanol–water partition coefficient (Wildman–Crippen LogP) is 5.14. The largest absolute Gasteiger partial charge is 0.491 e. The van der Waals surface area contributed by atoms with Crippen molar-refractivity contribution in [3.8, 4) is 17.1 Å². The van der Waals surface area contributed by atoms with Gasteiger partial charge in [0, 0.05) is 23.7 Å². The van der Waals surface area contributed by atoms with Gasteiger partial charge in [0.15, 0.2) is 0 Å². The van der Waals surface area contributed by atoms with Crippen molar-refractivity contribution in [1.82, 2.24) is 20.4 Å². The van der Waals surface area contributed by atoms with Crippen molar-refractivity contribution in [1.29, 1.82) is 0 Å². The maximum Gasteiger partial charge on any atom is 0.241 e. The highest BCUT2D eigenvalue weighted by Crippen LogP contribution is 2.22. The number of nitrogens with zero attached hydrogens (tertiary/aromatic N) is 3. The highest BCUT2D eigenvalue weighted by molar-refractivity contribution is 6.30. The number of aryl methyl sites for hydroxylation is 1. The van der Waals surface area contributed by atoms with E-state index in [9.17, 15) is 4.79 Å². The second-order valence-electron chi connectivity index (χ2n) is 9.30. The number of halogens is 1. The first-order chi connectivity index (χ1) is 17.0. The molecular formula is C27H33ClN4O3. The van der Waals surface area contributed by atoms with Crippen LogP contribution in [-0.2, 0) is 17.8 Å². The van der Waals surface area contributed by atoms with Gasteiger partial charge in [-0.05, 0) is 88.0 Å². The van der Waals surface area contributed by atoms with Crippen LogP contribution >= 0.6 is 11.6 Å². The SMILES string of the molecule is CC(C)Oc1cccc(CCCNC(=O)C2CCCN(Cc3nc(-c4ccc(Cl)cc4)no3)C2)c1. The highest BCUT2D eigenvalue weighted by Gasteiger charge is 2.26. The summed E-state index contributed by atoms with van der Waals surface area (Å²) in [6.07, 6.45) is 3.82. The molecule has 1 N–H and O–H groups in total. The number of amides is 1. The number of likely N-dealkylation sites (tertiary alicyclic amines) is 1. The van der Waals surface area contributed by atoms with Gasteiger partial charge in [0.1, 0.15) is 5.75 Å².